The van der Waals surface area contributed by atoms with E-state index in [1.807, 2.05) is 6.08 Å². The first-order valence-corrected chi connectivity index (χ1v) is 11.2. The predicted octanol–water partition coefficient (Wildman–Crippen LogP) is 6.92. The lowest BCUT2D eigenvalue weighted by Crippen LogP contribution is -2.19. The molecule has 1 atom stereocenters. The summed E-state index contributed by atoms with van der Waals surface area (Å²) in [6, 6.07) is 4.41. The molecule has 3 rings (SSSR count). The molecule has 180 valence electrons. The van der Waals surface area contributed by atoms with E-state index in [1.165, 1.54) is 12.1 Å². The Morgan fingerprint density at radius 3 is 2.58 bits per heavy atom. The average molecular weight is 482 g/mol. The van der Waals surface area contributed by atoms with Crippen LogP contribution in [-0.4, -0.2) is 12.6 Å². The van der Waals surface area contributed by atoms with Gasteiger partial charge >= 0.3 is 5.97 Å². The van der Waals surface area contributed by atoms with Crippen molar-refractivity contribution >= 4 is 18.4 Å². The summed E-state index contributed by atoms with van der Waals surface area (Å²) in [5.41, 5.74) is 8.05. The third-order valence-electron chi connectivity index (χ3n) is 5.77. The van der Waals surface area contributed by atoms with E-state index in [1.54, 1.807) is 13.0 Å². The van der Waals surface area contributed by atoms with Gasteiger partial charge in [0.05, 0.1) is 13.0 Å². The number of allylic oxidation sites excluding steroid dienone is 1. The van der Waals surface area contributed by atoms with Crippen LogP contribution < -0.4 is 5.73 Å². The molecule has 33 heavy (non-hydrogen) atoms. The Morgan fingerprint density at radius 2 is 1.94 bits per heavy atom. The lowest BCUT2D eigenvalue weighted by Gasteiger charge is -2.19. The summed E-state index contributed by atoms with van der Waals surface area (Å²) in [6.45, 7) is 5.59. The summed E-state index contributed by atoms with van der Waals surface area (Å²) in [5.74, 6) is -2.27. The Labute approximate surface area is 199 Å². The molecule has 3 nitrogen and oxygen atoms in total. The summed E-state index contributed by atoms with van der Waals surface area (Å²) in [4.78, 5) is 11.9. The van der Waals surface area contributed by atoms with Gasteiger partial charge in [0.15, 0.2) is 0 Å². The molecular weight excluding hydrogens is 451 g/mol. The molecule has 0 aliphatic heterocycles. The van der Waals surface area contributed by atoms with Crippen LogP contribution in [0.15, 0.2) is 36.9 Å². The molecule has 7 heteroatoms. The van der Waals surface area contributed by atoms with Gasteiger partial charge < -0.3 is 10.5 Å². The van der Waals surface area contributed by atoms with Crippen molar-refractivity contribution in [3.05, 3.63) is 71.1 Å². The second-order valence-electron chi connectivity index (χ2n) is 8.31. The molecule has 2 N–H and O–H groups in total. The SMILES string of the molecule is C=CCCCCc1cc(F)cc(F)c1-c1cc(C2CC2)c(F)c([C@@H](N)CC(=O)OCC)c1.Cl. The summed E-state index contributed by atoms with van der Waals surface area (Å²) >= 11 is 0. The lowest BCUT2D eigenvalue weighted by molar-refractivity contribution is -0.143. The number of carbonyl (C=O) groups excluding carboxylic acids is 1. The van der Waals surface area contributed by atoms with E-state index in [4.69, 9.17) is 10.5 Å². The van der Waals surface area contributed by atoms with E-state index in [0.717, 1.165) is 38.2 Å². The van der Waals surface area contributed by atoms with Crippen LogP contribution in [0.3, 0.4) is 0 Å². The van der Waals surface area contributed by atoms with E-state index < -0.39 is 29.5 Å². The van der Waals surface area contributed by atoms with Crippen LogP contribution >= 0.6 is 12.4 Å². The molecule has 1 aliphatic rings. The minimum absolute atomic E-state index is 0. The normalized spacial score (nSPS) is 13.8. The van der Waals surface area contributed by atoms with Crippen molar-refractivity contribution in [3.8, 4) is 11.1 Å². The van der Waals surface area contributed by atoms with Gasteiger partial charge in [0.25, 0.3) is 0 Å². The highest BCUT2D eigenvalue weighted by Crippen LogP contribution is 2.45. The van der Waals surface area contributed by atoms with Gasteiger partial charge in [-0.25, -0.2) is 13.2 Å². The number of carbonyl (C=O) groups is 1. The second-order valence-corrected chi connectivity index (χ2v) is 8.31. The Balaban J connectivity index is 0.00000385. The molecule has 0 spiro atoms. The van der Waals surface area contributed by atoms with Gasteiger partial charge in [0.2, 0.25) is 0 Å². The van der Waals surface area contributed by atoms with E-state index in [2.05, 4.69) is 6.58 Å². The van der Waals surface area contributed by atoms with Crippen molar-refractivity contribution in [2.45, 2.75) is 63.8 Å². The number of hydrogen-bond acceptors (Lipinski definition) is 3. The van der Waals surface area contributed by atoms with Gasteiger partial charge in [-0.1, -0.05) is 6.08 Å². The zero-order valence-electron chi connectivity index (χ0n) is 18.8. The van der Waals surface area contributed by atoms with E-state index in [-0.39, 0.29) is 42.5 Å². The van der Waals surface area contributed by atoms with E-state index in [9.17, 15) is 9.18 Å². The fourth-order valence-electron chi connectivity index (χ4n) is 4.04. The monoisotopic (exact) mass is 481 g/mol. The Hall–Kier alpha value is -2.31. The minimum atomic E-state index is -0.925. The highest BCUT2D eigenvalue weighted by molar-refractivity contribution is 5.85. The Bertz CT molecular complexity index is 992. The number of halogens is 4. The standard InChI is InChI=1S/C26H30F3NO2.ClH/c1-3-5-6-7-8-17-11-19(27)14-22(28)25(17)18-12-20(16-9-10-16)26(29)21(13-18)23(30)15-24(31)32-4-2;/h3,11-14,16,23H,1,4-10,15,30H2,2H3;1H/t23-;/m0./s1. The maximum atomic E-state index is 15.3. The van der Waals surface area contributed by atoms with E-state index in [0.29, 0.717) is 23.1 Å². The van der Waals surface area contributed by atoms with Crippen LogP contribution in [0.2, 0.25) is 0 Å². The largest absolute Gasteiger partial charge is 0.466 e. The van der Waals surface area contributed by atoms with Gasteiger partial charge in [-0.05, 0) is 86.3 Å². The van der Waals surface area contributed by atoms with Gasteiger partial charge in [0, 0.05) is 23.2 Å². The molecule has 0 unspecified atom stereocenters. The molecule has 0 bridgehead atoms. The first kappa shape index (κ1) is 26.9. The van der Waals surface area contributed by atoms with Crippen LogP contribution in [0.25, 0.3) is 11.1 Å². The van der Waals surface area contributed by atoms with E-state index >= 15 is 8.78 Å². The Kier molecular flexibility index (Phi) is 9.99. The first-order chi connectivity index (χ1) is 15.3. The first-order valence-electron chi connectivity index (χ1n) is 11.2. The van der Waals surface area contributed by atoms with Crippen LogP contribution in [0.5, 0.6) is 0 Å². The van der Waals surface area contributed by atoms with Crippen molar-refractivity contribution in [1.82, 2.24) is 0 Å². The van der Waals surface area contributed by atoms with Crippen LogP contribution in [0.4, 0.5) is 13.2 Å². The van der Waals surface area contributed by atoms with Crippen molar-refractivity contribution in [1.29, 1.82) is 0 Å². The smallest absolute Gasteiger partial charge is 0.307 e. The molecule has 0 amide bonds. The number of unbranched alkanes of at least 4 members (excludes halogenated alkanes) is 2. The van der Waals surface area contributed by atoms with Crippen LogP contribution in [-0.2, 0) is 16.0 Å². The molecule has 2 aromatic rings. The molecule has 0 radical (unpaired) electrons. The molecule has 1 fully saturated rings. The second kappa shape index (κ2) is 12.2. The summed E-state index contributed by atoms with van der Waals surface area (Å²) in [6.07, 6.45) is 6.22. The number of ether oxygens (including phenoxy) is 1. The molecule has 1 aliphatic carbocycles. The quantitative estimate of drug-likeness (QED) is 0.215. The molecule has 2 aromatic carbocycles. The number of hydrogen-bond donors (Lipinski definition) is 1. The van der Waals surface area contributed by atoms with Gasteiger partial charge in [0.1, 0.15) is 17.5 Å². The zero-order valence-corrected chi connectivity index (χ0v) is 19.7. The van der Waals surface area contributed by atoms with Crippen molar-refractivity contribution in [2.24, 2.45) is 5.73 Å². The molecule has 0 saturated heterocycles. The van der Waals surface area contributed by atoms with Gasteiger partial charge in [-0.3, -0.25) is 4.79 Å². The maximum Gasteiger partial charge on any atom is 0.307 e. The van der Waals surface area contributed by atoms with Crippen LogP contribution in [0, 0.1) is 17.5 Å². The number of rotatable bonds is 11. The lowest BCUT2D eigenvalue weighted by atomic mass is 9.89. The summed E-state index contributed by atoms with van der Waals surface area (Å²) in [7, 11) is 0. The van der Waals surface area contributed by atoms with Crippen molar-refractivity contribution in [3.63, 3.8) is 0 Å². The fraction of sp³-hybridized carbons (Fsp3) is 0.423. The van der Waals surface area contributed by atoms with Gasteiger partial charge in [-0.15, -0.1) is 19.0 Å². The van der Waals surface area contributed by atoms with Gasteiger partial charge in [-0.2, -0.15) is 0 Å². The third kappa shape index (κ3) is 6.84. The highest BCUT2D eigenvalue weighted by Gasteiger charge is 2.30. The molecule has 1 saturated carbocycles. The maximum absolute atomic E-state index is 15.3. The molecule has 0 heterocycles. The van der Waals surface area contributed by atoms with Crippen LogP contribution in [0.1, 0.15) is 74.1 Å². The van der Waals surface area contributed by atoms with Crippen molar-refractivity contribution < 1.29 is 22.7 Å². The third-order valence-corrected chi connectivity index (χ3v) is 5.77. The molecular formula is C26H31ClF3NO2. The summed E-state index contributed by atoms with van der Waals surface area (Å²) < 4.78 is 49.3. The topological polar surface area (TPSA) is 52.3 Å². The number of benzene rings is 2. The zero-order chi connectivity index (χ0) is 23.3. The fourth-order valence-corrected chi connectivity index (χ4v) is 4.04. The number of nitrogens with two attached hydrogens (primary N) is 1. The minimum Gasteiger partial charge on any atom is -0.466 e. The Morgan fingerprint density at radius 1 is 1.21 bits per heavy atom. The average Bonchev–Trinajstić information content (AvgIpc) is 3.56. The predicted molar refractivity (Wildman–Crippen MR) is 127 cm³/mol. The highest BCUT2D eigenvalue weighted by atomic mass is 35.5. The summed E-state index contributed by atoms with van der Waals surface area (Å²) in [5, 5.41) is 0. The van der Waals surface area contributed by atoms with Crippen molar-refractivity contribution in [2.75, 3.05) is 6.61 Å². The number of aryl methyl sites for hydroxylation is 1. The number of esters is 1. The molecule has 0 aromatic heterocycles.